The minimum absolute atomic E-state index is 0.0212. The van der Waals surface area contributed by atoms with Crippen molar-refractivity contribution in [1.29, 1.82) is 0 Å². The second-order valence-corrected chi connectivity index (χ2v) is 5.32. The normalized spacial score (nSPS) is 10.9. The number of thiophene rings is 1. The lowest BCUT2D eigenvalue weighted by atomic mass is 10.4. The zero-order chi connectivity index (χ0) is 12.5. The Balaban J connectivity index is 2.07. The zero-order valence-corrected chi connectivity index (χ0v) is 10.8. The number of hydrogen-bond donors (Lipinski definition) is 2. The molecule has 3 N–H and O–H groups in total. The molecule has 3 aromatic heterocycles. The molecule has 0 fully saturated rings. The van der Waals surface area contributed by atoms with Gasteiger partial charge in [-0.3, -0.25) is 9.36 Å². The van der Waals surface area contributed by atoms with Gasteiger partial charge < -0.3 is 5.43 Å². The molecule has 18 heavy (non-hydrogen) atoms. The third-order valence-electron chi connectivity index (χ3n) is 2.46. The maximum Gasteiger partial charge on any atom is 0.307 e. The molecular weight excluding hydrogens is 270 g/mol. The first kappa shape index (κ1) is 11.3. The van der Waals surface area contributed by atoms with E-state index in [1.807, 2.05) is 11.4 Å². The third kappa shape index (κ3) is 1.90. The van der Waals surface area contributed by atoms with Gasteiger partial charge in [-0.15, -0.1) is 11.3 Å². The Morgan fingerprint density at radius 1 is 1.33 bits per heavy atom. The average Bonchev–Trinajstić information content (AvgIpc) is 2.98. The molecule has 0 atom stereocenters. The van der Waals surface area contributed by atoms with Crippen molar-refractivity contribution in [2.45, 2.75) is 6.54 Å². The van der Waals surface area contributed by atoms with Crippen LogP contribution < -0.4 is 16.1 Å². The quantitative estimate of drug-likeness (QED) is 0.556. The summed E-state index contributed by atoms with van der Waals surface area (Å²) in [7, 11) is 0. The predicted octanol–water partition coefficient (Wildman–Crippen LogP) is 1.25. The number of hydrazine groups is 1. The number of aromatic nitrogens is 3. The van der Waals surface area contributed by atoms with E-state index in [4.69, 9.17) is 5.84 Å². The minimum atomic E-state index is -0.0212. The SMILES string of the molecule is NNc1nc(Cn2ccsc2=O)nc2sccc12. The van der Waals surface area contributed by atoms with Crippen LogP contribution in [0.3, 0.4) is 0 Å². The highest BCUT2D eigenvalue weighted by Gasteiger charge is 2.09. The Bertz CT molecular complexity index is 744. The number of nitrogens with zero attached hydrogens (tertiary/aromatic N) is 3. The zero-order valence-electron chi connectivity index (χ0n) is 9.16. The van der Waals surface area contributed by atoms with E-state index in [0.717, 1.165) is 21.6 Å². The standard InChI is InChI=1S/C10H9N5OS2/c11-14-8-6-1-3-17-9(6)13-7(12-8)5-15-2-4-18-10(15)16/h1-4H,5,11H2,(H,12,13,14). The summed E-state index contributed by atoms with van der Waals surface area (Å²) in [6.45, 7) is 0.352. The number of nitrogens with two attached hydrogens (primary N) is 1. The summed E-state index contributed by atoms with van der Waals surface area (Å²) in [6.07, 6.45) is 1.73. The fraction of sp³-hybridized carbons (Fsp3) is 0.100. The number of fused-ring (bicyclic) bond motifs is 1. The molecule has 92 valence electrons. The van der Waals surface area contributed by atoms with Crippen LogP contribution in [-0.2, 0) is 6.54 Å². The van der Waals surface area contributed by atoms with Gasteiger partial charge in [0.1, 0.15) is 4.83 Å². The lowest BCUT2D eigenvalue weighted by Crippen LogP contribution is -2.16. The van der Waals surface area contributed by atoms with Gasteiger partial charge >= 0.3 is 4.87 Å². The molecule has 0 bridgehead atoms. The number of thiazole rings is 1. The molecule has 8 heteroatoms. The van der Waals surface area contributed by atoms with Gasteiger partial charge in [0, 0.05) is 11.6 Å². The second-order valence-electron chi connectivity index (χ2n) is 3.57. The minimum Gasteiger partial charge on any atom is -0.308 e. The molecule has 0 saturated heterocycles. The Kier molecular flexibility index (Phi) is 2.82. The van der Waals surface area contributed by atoms with Crippen molar-refractivity contribution in [3.63, 3.8) is 0 Å². The van der Waals surface area contributed by atoms with E-state index in [9.17, 15) is 4.79 Å². The van der Waals surface area contributed by atoms with Crippen LogP contribution in [0.2, 0.25) is 0 Å². The number of anilines is 1. The molecule has 0 unspecified atom stereocenters. The van der Waals surface area contributed by atoms with Crippen molar-refractivity contribution < 1.29 is 0 Å². The molecule has 6 nitrogen and oxygen atoms in total. The summed E-state index contributed by atoms with van der Waals surface area (Å²) in [5, 5.41) is 4.57. The first-order valence-corrected chi connectivity index (χ1v) is 6.88. The Morgan fingerprint density at radius 3 is 2.94 bits per heavy atom. The summed E-state index contributed by atoms with van der Waals surface area (Å²) in [4.78, 5) is 21.0. The van der Waals surface area contributed by atoms with E-state index in [1.54, 1.807) is 16.1 Å². The summed E-state index contributed by atoms with van der Waals surface area (Å²) in [5.41, 5.74) is 2.56. The van der Waals surface area contributed by atoms with Crippen LogP contribution in [0.1, 0.15) is 5.82 Å². The van der Waals surface area contributed by atoms with E-state index in [2.05, 4.69) is 15.4 Å². The van der Waals surface area contributed by atoms with Crippen LogP contribution in [-0.4, -0.2) is 14.5 Å². The highest BCUT2D eigenvalue weighted by Crippen LogP contribution is 2.24. The van der Waals surface area contributed by atoms with Gasteiger partial charge in [0.05, 0.1) is 11.9 Å². The summed E-state index contributed by atoms with van der Waals surface area (Å²) < 4.78 is 1.57. The van der Waals surface area contributed by atoms with Crippen LogP contribution >= 0.6 is 22.7 Å². The highest BCUT2D eigenvalue weighted by molar-refractivity contribution is 7.16. The largest absolute Gasteiger partial charge is 0.308 e. The second kappa shape index (κ2) is 4.48. The van der Waals surface area contributed by atoms with Gasteiger partial charge in [-0.1, -0.05) is 11.3 Å². The number of hydrogen-bond acceptors (Lipinski definition) is 7. The smallest absolute Gasteiger partial charge is 0.307 e. The summed E-state index contributed by atoms with van der Waals surface area (Å²) in [6, 6.07) is 1.91. The fourth-order valence-electron chi connectivity index (χ4n) is 1.64. The van der Waals surface area contributed by atoms with Gasteiger partial charge in [-0.25, -0.2) is 15.8 Å². The van der Waals surface area contributed by atoms with Gasteiger partial charge in [0.15, 0.2) is 11.6 Å². The van der Waals surface area contributed by atoms with E-state index in [1.165, 1.54) is 11.3 Å². The Hall–Kier alpha value is -1.77. The van der Waals surface area contributed by atoms with E-state index >= 15 is 0 Å². The van der Waals surface area contributed by atoms with Gasteiger partial charge in [0.25, 0.3) is 0 Å². The molecule has 0 aliphatic rings. The molecule has 3 aromatic rings. The van der Waals surface area contributed by atoms with Crippen LogP contribution in [0, 0.1) is 0 Å². The predicted molar refractivity (Wildman–Crippen MR) is 72.9 cm³/mol. The molecule has 3 rings (SSSR count). The molecule has 0 amide bonds. The van der Waals surface area contributed by atoms with Crippen molar-refractivity contribution in [1.82, 2.24) is 14.5 Å². The fourth-order valence-corrected chi connectivity index (χ4v) is 3.01. The third-order valence-corrected chi connectivity index (χ3v) is 3.96. The van der Waals surface area contributed by atoms with E-state index in [0.29, 0.717) is 18.2 Å². The van der Waals surface area contributed by atoms with Gasteiger partial charge in [-0.05, 0) is 11.4 Å². The maximum atomic E-state index is 11.5. The van der Waals surface area contributed by atoms with E-state index in [-0.39, 0.29) is 4.87 Å². The lowest BCUT2D eigenvalue weighted by molar-refractivity contribution is 0.739. The summed E-state index contributed by atoms with van der Waals surface area (Å²) in [5.74, 6) is 6.60. The summed E-state index contributed by atoms with van der Waals surface area (Å²) >= 11 is 2.67. The van der Waals surface area contributed by atoms with Gasteiger partial charge in [-0.2, -0.15) is 0 Å². The van der Waals surface area contributed by atoms with Crippen molar-refractivity contribution in [3.05, 3.63) is 38.5 Å². The van der Waals surface area contributed by atoms with E-state index < -0.39 is 0 Å². The van der Waals surface area contributed by atoms with Crippen LogP contribution in [0.5, 0.6) is 0 Å². The molecule has 0 aromatic carbocycles. The molecule has 0 aliphatic heterocycles. The van der Waals surface area contributed by atoms with Crippen molar-refractivity contribution in [2.75, 3.05) is 5.43 Å². The van der Waals surface area contributed by atoms with Crippen LogP contribution in [0.15, 0.2) is 27.8 Å². The maximum absolute atomic E-state index is 11.5. The molecule has 0 saturated carbocycles. The topological polar surface area (TPSA) is 85.8 Å². The van der Waals surface area contributed by atoms with Crippen LogP contribution in [0.25, 0.3) is 10.2 Å². The molecule has 0 spiro atoms. The average molecular weight is 279 g/mol. The molecule has 3 heterocycles. The highest BCUT2D eigenvalue weighted by atomic mass is 32.1. The molecule has 0 aliphatic carbocycles. The van der Waals surface area contributed by atoms with Crippen molar-refractivity contribution >= 4 is 38.7 Å². The van der Waals surface area contributed by atoms with Crippen LogP contribution in [0.4, 0.5) is 5.82 Å². The number of nitrogens with one attached hydrogen (secondary N) is 1. The monoisotopic (exact) mass is 279 g/mol. The number of rotatable bonds is 3. The molecular formula is C10H9N5OS2. The van der Waals surface area contributed by atoms with Crippen molar-refractivity contribution in [2.24, 2.45) is 5.84 Å². The molecule has 0 radical (unpaired) electrons. The first-order valence-electron chi connectivity index (χ1n) is 5.12. The van der Waals surface area contributed by atoms with Crippen molar-refractivity contribution in [3.8, 4) is 0 Å². The lowest BCUT2D eigenvalue weighted by Gasteiger charge is -2.05. The Morgan fingerprint density at radius 2 is 2.22 bits per heavy atom. The first-order chi connectivity index (χ1) is 8.78. The number of nitrogen functional groups attached to an aromatic ring is 1. The van der Waals surface area contributed by atoms with Gasteiger partial charge in [0.2, 0.25) is 0 Å². The Labute approximate surface area is 110 Å².